The normalized spacial score (nSPS) is 11.5. The van der Waals surface area contributed by atoms with Gasteiger partial charge in [0.15, 0.2) is 5.16 Å². The minimum Gasteiger partial charge on any atom is -0.309 e. The predicted molar refractivity (Wildman–Crippen MR) is 120 cm³/mol. The molecule has 9 heteroatoms. The van der Waals surface area contributed by atoms with E-state index in [1.165, 1.54) is 34.4 Å². The Labute approximate surface area is 176 Å². The summed E-state index contributed by atoms with van der Waals surface area (Å²) in [5.41, 5.74) is 2.39. The highest BCUT2D eigenvalue weighted by Gasteiger charge is 2.16. The fourth-order valence-electron chi connectivity index (χ4n) is 3.14. The zero-order valence-corrected chi connectivity index (χ0v) is 17.7. The number of thioether (sulfide) groups is 1. The fraction of sp³-hybridized carbons (Fsp3) is 0.100. The molecule has 0 aliphatic carbocycles. The fourth-order valence-corrected chi connectivity index (χ4v) is 5.69. The van der Waals surface area contributed by atoms with Gasteiger partial charge in [0.25, 0.3) is 11.1 Å². The van der Waals surface area contributed by atoms with Crippen LogP contribution < -0.4 is 11.1 Å². The van der Waals surface area contributed by atoms with E-state index in [1.807, 2.05) is 47.2 Å². The average Bonchev–Trinajstić information content (AvgIpc) is 3.37. The van der Waals surface area contributed by atoms with Gasteiger partial charge in [0.2, 0.25) is 0 Å². The third-order valence-electron chi connectivity index (χ3n) is 4.56. The van der Waals surface area contributed by atoms with Crippen molar-refractivity contribution in [1.29, 1.82) is 0 Å². The van der Waals surface area contributed by atoms with Gasteiger partial charge >= 0.3 is 0 Å². The van der Waals surface area contributed by atoms with Crippen LogP contribution in [0.25, 0.3) is 31.6 Å². The van der Waals surface area contributed by atoms with Crippen molar-refractivity contribution >= 4 is 54.9 Å². The Hall–Kier alpha value is -2.75. The number of hydrogen-bond donors (Lipinski definition) is 1. The van der Waals surface area contributed by atoms with Gasteiger partial charge in [-0.2, -0.15) is 0 Å². The topological polar surface area (TPSA) is 80.6 Å². The van der Waals surface area contributed by atoms with Crippen LogP contribution in [0.3, 0.4) is 0 Å². The summed E-state index contributed by atoms with van der Waals surface area (Å²) < 4.78 is 2.19. The number of aromatic amines is 1. The maximum absolute atomic E-state index is 13.1. The van der Waals surface area contributed by atoms with E-state index >= 15 is 0 Å². The van der Waals surface area contributed by atoms with Crippen LogP contribution >= 0.6 is 34.4 Å². The van der Waals surface area contributed by atoms with Gasteiger partial charge in [-0.05, 0) is 17.0 Å². The first-order valence-electron chi connectivity index (χ1n) is 8.74. The van der Waals surface area contributed by atoms with Gasteiger partial charge in [-0.1, -0.05) is 42.1 Å². The Balaban J connectivity index is 1.51. The molecular weight excluding hydrogens is 424 g/mol. The van der Waals surface area contributed by atoms with Crippen LogP contribution in [0.5, 0.6) is 0 Å². The van der Waals surface area contributed by atoms with E-state index in [2.05, 4.69) is 9.97 Å². The van der Waals surface area contributed by atoms with Crippen molar-refractivity contribution < 1.29 is 0 Å². The standard InChI is InChI=1S/C20H14N4O2S3/c1-24-19(26)15-12(11-5-3-2-4-6-11)9-28-18(15)23-20(24)29-10-14-21-13-7-8-27-16(13)17(25)22-14/h2-9H,10H2,1H3,(H,21,22,25). The average molecular weight is 439 g/mol. The lowest BCUT2D eigenvalue weighted by Crippen LogP contribution is -2.20. The maximum atomic E-state index is 13.1. The summed E-state index contributed by atoms with van der Waals surface area (Å²) in [6, 6.07) is 11.7. The van der Waals surface area contributed by atoms with Gasteiger partial charge in [0.1, 0.15) is 15.4 Å². The van der Waals surface area contributed by atoms with E-state index in [0.29, 0.717) is 37.2 Å². The van der Waals surface area contributed by atoms with E-state index in [0.717, 1.165) is 11.1 Å². The van der Waals surface area contributed by atoms with Crippen LogP contribution in [0.2, 0.25) is 0 Å². The zero-order chi connectivity index (χ0) is 20.0. The van der Waals surface area contributed by atoms with Gasteiger partial charge < -0.3 is 4.98 Å². The van der Waals surface area contributed by atoms with Crippen LogP contribution in [-0.2, 0) is 12.8 Å². The van der Waals surface area contributed by atoms with Crippen molar-refractivity contribution in [1.82, 2.24) is 19.5 Å². The third kappa shape index (κ3) is 3.21. The Bertz CT molecular complexity index is 1460. The molecule has 0 fully saturated rings. The van der Waals surface area contributed by atoms with Gasteiger partial charge in [0, 0.05) is 18.0 Å². The summed E-state index contributed by atoms with van der Waals surface area (Å²) in [4.78, 5) is 37.9. The summed E-state index contributed by atoms with van der Waals surface area (Å²) in [5, 5.41) is 5.06. The summed E-state index contributed by atoms with van der Waals surface area (Å²) in [6.45, 7) is 0. The van der Waals surface area contributed by atoms with Crippen molar-refractivity contribution in [2.24, 2.45) is 7.05 Å². The molecule has 0 aliphatic heterocycles. The lowest BCUT2D eigenvalue weighted by molar-refractivity contribution is 0.727. The molecule has 1 aromatic carbocycles. The number of H-pyrrole nitrogens is 1. The van der Waals surface area contributed by atoms with Crippen molar-refractivity contribution in [2.45, 2.75) is 10.9 Å². The SMILES string of the molecule is Cn1c(SCc2nc3ccsc3c(=O)[nH]2)nc2scc(-c3ccccc3)c2c1=O. The second-order valence-corrected chi connectivity index (χ2v) is 9.11. The Morgan fingerprint density at radius 2 is 1.93 bits per heavy atom. The van der Waals surface area contributed by atoms with Gasteiger partial charge in [-0.3, -0.25) is 14.2 Å². The van der Waals surface area contributed by atoms with E-state index in [4.69, 9.17) is 4.98 Å². The molecule has 6 nitrogen and oxygen atoms in total. The van der Waals surface area contributed by atoms with Gasteiger partial charge in [0.05, 0.1) is 16.7 Å². The van der Waals surface area contributed by atoms with Crippen LogP contribution in [0.1, 0.15) is 5.82 Å². The molecule has 0 atom stereocenters. The molecule has 0 saturated heterocycles. The molecule has 144 valence electrons. The Kier molecular flexibility index (Phi) is 4.57. The minimum atomic E-state index is -0.136. The molecule has 4 aromatic heterocycles. The number of nitrogens with one attached hydrogen (secondary N) is 1. The number of rotatable bonds is 4. The van der Waals surface area contributed by atoms with Crippen molar-refractivity contribution in [3.8, 4) is 11.1 Å². The zero-order valence-electron chi connectivity index (χ0n) is 15.2. The molecule has 0 amide bonds. The number of thiophene rings is 2. The van der Waals surface area contributed by atoms with E-state index in [9.17, 15) is 9.59 Å². The highest BCUT2D eigenvalue weighted by molar-refractivity contribution is 7.98. The van der Waals surface area contributed by atoms with E-state index in [-0.39, 0.29) is 11.1 Å². The Morgan fingerprint density at radius 1 is 1.10 bits per heavy atom. The second kappa shape index (κ2) is 7.25. The molecule has 5 aromatic rings. The van der Waals surface area contributed by atoms with Crippen LogP contribution in [0.4, 0.5) is 0 Å². The monoisotopic (exact) mass is 438 g/mol. The summed E-state index contributed by atoms with van der Waals surface area (Å²) in [7, 11) is 1.72. The number of hydrogen-bond acceptors (Lipinski definition) is 7. The highest BCUT2D eigenvalue weighted by Crippen LogP contribution is 2.32. The lowest BCUT2D eigenvalue weighted by Gasteiger charge is -2.08. The van der Waals surface area contributed by atoms with E-state index < -0.39 is 0 Å². The predicted octanol–water partition coefficient (Wildman–Crippen LogP) is 4.25. The molecular formula is C20H14N4O2S3. The molecule has 0 unspecified atom stereocenters. The summed E-state index contributed by atoms with van der Waals surface area (Å²) in [6.07, 6.45) is 0. The van der Waals surface area contributed by atoms with Crippen molar-refractivity contribution in [3.05, 3.63) is 73.7 Å². The third-order valence-corrected chi connectivity index (χ3v) is 7.38. The highest BCUT2D eigenvalue weighted by atomic mass is 32.2. The molecule has 1 N–H and O–H groups in total. The number of nitrogens with zero attached hydrogens (tertiary/aromatic N) is 3. The molecule has 0 radical (unpaired) electrons. The number of aromatic nitrogens is 4. The summed E-state index contributed by atoms with van der Waals surface area (Å²) >= 11 is 4.22. The molecule has 0 aliphatic rings. The van der Waals surface area contributed by atoms with Crippen LogP contribution in [0, 0.1) is 0 Å². The smallest absolute Gasteiger partial charge is 0.268 e. The van der Waals surface area contributed by atoms with Gasteiger partial charge in [-0.25, -0.2) is 9.97 Å². The Morgan fingerprint density at radius 3 is 2.76 bits per heavy atom. The maximum Gasteiger partial charge on any atom is 0.268 e. The molecule has 29 heavy (non-hydrogen) atoms. The summed E-state index contributed by atoms with van der Waals surface area (Å²) in [5.74, 6) is 0.986. The molecule has 4 heterocycles. The van der Waals surface area contributed by atoms with Crippen molar-refractivity contribution in [2.75, 3.05) is 0 Å². The second-order valence-electron chi connectivity index (χ2n) is 6.39. The first-order valence-corrected chi connectivity index (χ1v) is 11.5. The molecule has 0 bridgehead atoms. The number of fused-ring (bicyclic) bond motifs is 2. The minimum absolute atomic E-state index is 0.0765. The first kappa shape index (κ1) is 18.3. The first-order chi connectivity index (χ1) is 14.1. The lowest BCUT2D eigenvalue weighted by atomic mass is 10.1. The van der Waals surface area contributed by atoms with Crippen molar-refractivity contribution in [3.63, 3.8) is 0 Å². The van der Waals surface area contributed by atoms with Crippen LogP contribution in [-0.4, -0.2) is 19.5 Å². The number of benzene rings is 1. The molecule has 0 saturated carbocycles. The van der Waals surface area contributed by atoms with Crippen LogP contribution in [0.15, 0.2) is 61.9 Å². The van der Waals surface area contributed by atoms with E-state index in [1.54, 1.807) is 11.6 Å². The largest absolute Gasteiger partial charge is 0.309 e. The molecule has 0 spiro atoms. The quantitative estimate of drug-likeness (QED) is 0.335. The molecule has 5 rings (SSSR count). The van der Waals surface area contributed by atoms with Gasteiger partial charge in [-0.15, -0.1) is 22.7 Å².